The van der Waals surface area contributed by atoms with Crippen LogP contribution in [0.5, 0.6) is 0 Å². The van der Waals surface area contributed by atoms with Crippen LogP contribution >= 0.6 is 0 Å². The Morgan fingerprint density at radius 1 is 0.919 bits per heavy atom. The number of aliphatic hydroxyl groups is 1. The van der Waals surface area contributed by atoms with E-state index in [4.69, 9.17) is 14.2 Å². The van der Waals surface area contributed by atoms with E-state index in [0.717, 1.165) is 50.5 Å². The van der Waals surface area contributed by atoms with E-state index < -0.39 is 17.4 Å². The first kappa shape index (κ1) is 31.8. The van der Waals surface area contributed by atoms with Gasteiger partial charge in [-0.3, -0.25) is 4.79 Å². The van der Waals surface area contributed by atoms with Gasteiger partial charge in [-0.1, -0.05) is 52.0 Å². The van der Waals surface area contributed by atoms with Gasteiger partial charge in [0.2, 0.25) is 0 Å². The van der Waals surface area contributed by atoms with Crippen molar-refractivity contribution in [2.45, 2.75) is 117 Å². The second-order valence-corrected chi connectivity index (χ2v) is 12.5. The molecule has 0 aromatic carbocycles. The number of hydrogen-bond donors (Lipinski definition) is 1. The first-order valence-electron chi connectivity index (χ1n) is 14.9. The normalized spacial score (nSPS) is 25.3. The van der Waals surface area contributed by atoms with E-state index in [-0.39, 0.29) is 25.7 Å². The summed E-state index contributed by atoms with van der Waals surface area (Å²) in [6, 6.07) is 0. The molecule has 1 atom stereocenters. The predicted molar refractivity (Wildman–Crippen MR) is 147 cm³/mol. The van der Waals surface area contributed by atoms with Crippen LogP contribution in [0.3, 0.4) is 0 Å². The Morgan fingerprint density at radius 2 is 1.51 bits per heavy atom. The smallest absolute Gasteiger partial charge is 0.333 e. The molecule has 2 aliphatic rings. The molecule has 0 amide bonds. The van der Waals surface area contributed by atoms with Crippen LogP contribution in [-0.4, -0.2) is 49.6 Å². The number of carbonyl (C=O) groups excluding carboxylic acids is 2. The van der Waals surface area contributed by atoms with Crippen LogP contribution in [0.1, 0.15) is 111 Å². The molecule has 0 radical (unpaired) electrons. The lowest BCUT2D eigenvalue weighted by atomic mass is 9.80. The Kier molecular flexibility index (Phi) is 14.2. The first-order chi connectivity index (χ1) is 17.6. The monoisotopic (exact) mass is 522 g/mol. The Balaban J connectivity index is 1.72. The van der Waals surface area contributed by atoms with Gasteiger partial charge in [0.05, 0.1) is 31.3 Å². The number of rotatable bonds is 16. The van der Waals surface area contributed by atoms with E-state index in [1.807, 2.05) is 0 Å². The summed E-state index contributed by atoms with van der Waals surface area (Å²) in [7, 11) is 0. The number of esters is 2. The highest BCUT2D eigenvalue weighted by atomic mass is 16.5. The molecule has 2 rings (SSSR count). The molecular weight excluding hydrogens is 468 g/mol. The topological polar surface area (TPSA) is 82.1 Å². The van der Waals surface area contributed by atoms with Crippen molar-refractivity contribution in [3.63, 3.8) is 0 Å². The standard InChI is InChI=1S/C31H54O6/c1-6-7-8-9-24-10-12-26(13-11-24)19-35-28-16-14-25(15-17-28)18-27(20-36-29(33)23(2)3)21-37-30(34)31(4,5)22-32/h24-28,32H,2,6-22H2,1,3-5H3. The number of aliphatic hydroxyl groups excluding tert-OH is 1. The molecule has 0 aromatic heterocycles. The van der Waals surface area contributed by atoms with Crippen LogP contribution in [-0.2, 0) is 23.8 Å². The van der Waals surface area contributed by atoms with Gasteiger partial charge in [-0.05, 0) is 83.5 Å². The minimum absolute atomic E-state index is 0.0725. The fraction of sp³-hybridized carbons (Fsp3) is 0.871. The summed E-state index contributed by atoms with van der Waals surface area (Å²) in [6.07, 6.45) is 16.4. The lowest BCUT2D eigenvalue weighted by Gasteiger charge is -2.33. The Labute approximate surface area is 225 Å². The molecule has 0 heterocycles. The number of unbranched alkanes of at least 4 members (excludes halogenated alkanes) is 2. The summed E-state index contributed by atoms with van der Waals surface area (Å²) in [6.45, 7) is 11.9. The quantitative estimate of drug-likeness (QED) is 0.139. The van der Waals surface area contributed by atoms with Gasteiger partial charge in [0.15, 0.2) is 0 Å². The molecule has 6 heteroatoms. The van der Waals surface area contributed by atoms with Crippen molar-refractivity contribution in [2.75, 3.05) is 26.4 Å². The number of hydrogen-bond acceptors (Lipinski definition) is 6. The fourth-order valence-corrected chi connectivity index (χ4v) is 5.60. The van der Waals surface area contributed by atoms with Gasteiger partial charge in [-0.2, -0.15) is 0 Å². The molecule has 1 unspecified atom stereocenters. The zero-order valence-electron chi connectivity index (χ0n) is 24.1. The second kappa shape index (κ2) is 16.5. The zero-order chi connectivity index (χ0) is 27.3. The zero-order valence-corrected chi connectivity index (χ0v) is 24.1. The average molecular weight is 523 g/mol. The van der Waals surface area contributed by atoms with Gasteiger partial charge in [-0.15, -0.1) is 0 Å². The van der Waals surface area contributed by atoms with Crippen LogP contribution < -0.4 is 0 Å². The van der Waals surface area contributed by atoms with E-state index in [1.165, 1.54) is 51.4 Å². The summed E-state index contributed by atoms with van der Waals surface area (Å²) in [5.74, 6) is 1.24. The van der Waals surface area contributed by atoms with Crippen molar-refractivity contribution in [1.82, 2.24) is 0 Å². The number of ether oxygens (including phenoxy) is 3. The summed E-state index contributed by atoms with van der Waals surface area (Å²) >= 11 is 0. The lowest BCUT2D eigenvalue weighted by molar-refractivity contribution is -0.158. The highest BCUT2D eigenvalue weighted by molar-refractivity contribution is 5.86. The summed E-state index contributed by atoms with van der Waals surface area (Å²) in [5, 5.41) is 9.44. The van der Waals surface area contributed by atoms with Gasteiger partial charge in [0.1, 0.15) is 0 Å². The first-order valence-corrected chi connectivity index (χ1v) is 14.9. The molecule has 2 aliphatic carbocycles. The van der Waals surface area contributed by atoms with Crippen molar-refractivity contribution in [3.8, 4) is 0 Å². The maximum Gasteiger partial charge on any atom is 0.333 e. The Hall–Kier alpha value is -1.40. The van der Waals surface area contributed by atoms with Crippen LogP contribution in [0.25, 0.3) is 0 Å². The molecule has 2 fully saturated rings. The molecule has 0 spiro atoms. The van der Waals surface area contributed by atoms with Crippen molar-refractivity contribution in [1.29, 1.82) is 0 Å². The average Bonchev–Trinajstić information content (AvgIpc) is 2.90. The van der Waals surface area contributed by atoms with Crippen LogP contribution in [0.2, 0.25) is 0 Å². The summed E-state index contributed by atoms with van der Waals surface area (Å²) < 4.78 is 17.3. The molecule has 0 aliphatic heterocycles. The van der Waals surface area contributed by atoms with E-state index in [9.17, 15) is 14.7 Å². The maximum atomic E-state index is 12.3. The van der Waals surface area contributed by atoms with Crippen molar-refractivity contribution in [2.24, 2.45) is 29.1 Å². The molecule has 0 aromatic rings. The summed E-state index contributed by atoms with van der Waals surface area (Å²) in [4.78, 5) is 24.3. The van der Waals surface area contributed by atoms with Gasteiger partial charge in [-0.25, -0.2) is 4.79 Å². The predicted octanol–water partition coefficient (Wildman–Crippen LogP) is 6.64. The van der Waals surface area contributed by atoms with Crippen molar-refractivity contribution in [3.05, 3.63) is 12.2 Å². The van der Waals surface area contributed by atoms with Gasteiger partial charge in [0.25, 0.3) is 0 Å². The molecule has 1 N–H and O–H groups in total. The third-order valence-corrected chi connectivity index (χ3v) is 8.41. The third kappa shape index (κ3) is 11.9. The highest BCUT2D eigenvalue weighted by Crippen LogP contribution is 2.35. The summed E-state index contributed by atoms with van der Waals surface area (Å²) in [5.41, 5.74) is -0.581. The molecule has 37 heavy (non-hydrogen) atoms. The molecule has 0 bridgehead atoms. The SMILES string of the molecule is C=C(C)C(=O)OCC(COC(=O)C(C)(C)CO)CC1CCC(OCC2CCC(CCCCC)CC2)CC1. The molecule has 0 saturated heterocycles. The fourth-order valence-electron chi connectivity index (χ4n) is 5.60. The lowest BCUT2D eigenvalue weighted by Crippen LogP contribution is -2.33. The molecule has 2 saturated carbocycles. The molecule has 6 nitrogen and oxygen atoms in total. The van der Waals surface area contributed by atoms with Gasteiger partial charge in [0, 0.05) is 18.1 Å². The van der Waals surface area contributed by atoms with E-state index in [0.29, 0.717) is 17.6 Å². The van der Waals surface area contributed by atoms with Crippen LogP contribution in [0.15, 0.2) is 12.2 Å². The van der Waals surface area contributed by atoms with Crippen LogP contribution in [0, 0.1) is 29.1 Å². The van der Waals surface area contributed by atoms with Crippen LogP contribution in [0.4, 0.5) is 0 Å². The van der Waals surface area contributed by atoms with E-state index in [2.05, 4.69) is 13.5 Å². The Bertz CT molecular complexity index is 686. The van der Waals surface area contributed by atoms with E-state index in [1.54, 1.807) is 20.8 Å². The minimum Gasteiger partial charge on any atom is -0.465 e. The third-order valence-electron chi connectivity index (χ3n) is 8.41. The highest BCUT2D eigenvalue weighted by Gasteiger charge is 2.31. The molecule has 214 valence electrons. The van der Waals surface area contributed by atoms with Gasteiger partial charge < -0.3 is 19.3 Å². The second-order valence-electron chi connectivity index (χ2n) is 12.5. The van der Waals surface area contributed by atoms with Gasteiger partial charge >= 0.3 is 11.9 Å². The van der Waals surface area contributed by atoms with Crippen molar-refractivity contribution < 1.29 is 28.9 Å². The van der Waals surface area contributed by atoms with E-state index >= 15 is 0 Å². The minimum atomic E-state index is -0.942. The van der Waals surface area contributed by atoms with Crippen molar-refractivity contribution >= 4 is 11.9 Å². The Morgan fingerprint density at radius 3 is 2.11 bits per heavy atom. The molecular formula is C31H54O6. The maximum absolute atomic E-state index is 12.3. The number of carbonyl (C=O) groups is 2. The largest absolute Gasteiger partial charge is 0.465 e.